The molecule has 1 heterocycles. The molecule has 1 aliphatic heterocycles. The Hall–Kier alpha value is -0.940. The molecule has 3 nitrogen and oxygen atoms in total. The summed E-state index contributed by atoms with van der Waals surface area (Å²) >= 11 is 3.34. The van der Waals surface area contributed by atoms with Crippen LogP contribution in [-0.4, -0.2) is 28.6 Å². The third kappa shape index (κ3) is 2.57. The molecule has 1 fully saturated rings. The van der Waals surface area contributed by atoms with Gasteiger partial charge in [0, 0.05) is 10.5 Å². The van der Waals surface area contributed by atoms with E-state index < -0.39 is 12.0 Å². The second-order valence-corrected chi connectivity index (χ2v) is 5.43. The van der Waals surface area contributed by atoms with Crippen LogP contribution in [0.15, 0.2) is 22.7 Å². The molecule has 0 bridgehead atoms. The van der Waals surface area contributed by atoms with Crippen molar-refractivity contribution < 1.29 is 14.3 Å². The van der Waals surface area contributed by atoms with Gasteiger partial charge in [-0.05, 0) is 44.0 Å². The van der Waals surface area contributed by atoms with Gasteiger partial charge in [-0.15, -0.1) is 0 Å². The average Bonchev–Trinajstić information content (AvgIpc) is 2.77. The maximum absolute atomic E-state index is 13.1. The van der Waals surface area contributed by atoms with Crippen LogP contribution in [0.4, 0.5) is 4.39 Å². The molecule has 0 amide bonds. The molecule has 0 aromatic heterocycles. The van der Waals surface area contributed by atoms with Gasteiger partial charge in [-0.3, -0.25) is 9.69 Å². The van der Waals surface area contributed by atoms with Crippen molar-refractivity contribution in [1.29, 1.82) is 0 Å². The number of nitrogens with zero attached hydrogens (tertiary/aromatic N) is 1. The van der Waals surface area contributed by atoms with Crippen LogP contribution < -0.4 is 0 Å². The molecule has 1 aromatic carbocycles. The fourth-order valence-corrected chi connectivity index (χ4v) is 3.22. The number of carboxylic acid groups (broad SMARTS) is 1. The third-order valence-corrected chi connectivity index (χ3v) is 4.18. The summed E-state index contributed by atoms with van der Waals surface area (Å²) in [5.41, 5.74) is 0.921. The highest BCUT2D eigenvalue weighted by Crippen LogP contribution is 2.33. The molecule has 5 heteroatoms. The lowest BCUT2D eigenvalue weighted by molar-refractivity contribution is -0.142. The summed E-state index contributed by atoms with van der Waals surface area (Å²) in [6.45, 7) is 2.72. The molecule has 0 radical (unpaired) electrons. The molecular formula is C13H15BrFNO2. The largest absolute Gasteiger partial charge is 0.480 e. The molecule has 1 aromatic rings. The van der Waals surface area contributed by atoms with Gasteiger partial charge in [0.2, 0.25) is 0 Å². The first-order chi connectivity index (χ1) is 8.50. The van der Waals surface area contributed by atoms with E-state index in [0.717, 1.165) is 18.5 Å². The number of rotatable bonds is 3. The van der Waals surface area contributed by atoms with Crippen LogP contribution in [0, 0.1) is 5.82 Å². The number of benzene rings is 1. The predicted octanol–water partition coefficient (Wildman–Crippen LogP) is 3.20. The lowest BCUT2D eigenvalue weighted by atomic mass is 10.1. The van der Waals surface area contributed by atoms with E-state index in [1.807, 2.05) is 11.8 Å². The van der Waals surface area contributed by atoms with Gasteiger partial charge in [-0.1, -0.05) is 22.0 Å². The topological polar surface area (TPSA) is 40.5 Å². The smallest absolute Gasteiger partial charge is 0.320 e. The lowest BCUT2D eigenvalue weighted by Gasteiger charge is -2.29. The number of halogens is 2. The Morgan fingerprint density at radius 3 is 2.94 bits per heavy atom. The Bertz CT molecular complexity index is 466. The summed E-state index contributed by atoms with van der Waals surface area (Å²) in [5.74, 6) is -1.08. The van der Waals surface area contributed by atoms with Crippen molar-refractivity contribution in [2.45, 2.75) is 31.8 Å². The standard InChI is InChI=1S/C13H15BrFNO2/c1-8(10-5-4-9(15)7-11(10)14)16-6-2-3-12(16)13(17)18/h4-5,7-8,12H,2-3,6H2,1H3,(H,17,18). The van der Waals surface area contributed by atoms with Gasteiger partial charge < -0.3 is 5.11 Å². The van der Waals surface area contributed by atoms with E-state index >= 15 is 0 Å². The molecular weight excluding hydrogens is 301 g/mol. The number of hydrogen-bond acceptors (Lipinski definition) is 2. The maximum Gasteiger partial charge on any atom is 0.320 e. The number of carbonyl (C=O) groups is 1. The zero-order valence-electron chi connectivity index (χ0n) is 10.1. The maximum atomic E-state index is 13.1. The summed E-state index contributed by atoms with van der Waals surface area (Å²) < 4.78 is 13.7. The van der Waals surface area contributed by atoms with Crippen molar-refractivity contribution in [2.75, 3.05) is 6.54 Å². The first-order valence-electron chi connectivity index (χ1n) is 5.94. The first-order valence-corrected chi connectivity index (χ1v) is 6.73. The fourth-order valence-electron chi connectivity index (χ4n) is 2.54. The minimum Gasteiger partial charge on any atom is -0.480 e. The van der Waals surface area contributed by atoms with Crippen molar-refractivity contribution in [3.05, 3.63) is 34.1 Å². The summed E-state index contributed by atoms with van der Waals surface area (Å²) in [7, 11) is 0. The predicted molar refractivity (Wildman–Crippen MR) is 69.9 cm³/mol. The van der Waals surface area contributed by atoms with E-state index in [-0.39, 0.29) is 11.9 Å². The zero-order chi connectivity index (χ0) is 13.3. The summed E-state index contributed by atoms with van der Waals surface area (Å²) in [6.07, 6.45) is 1.57. The van der Waals surface area contributed by atoms with Gasteiger partial charge in [-0.2, -0.15) is 0 Å². The molecule has 98 valence electrons. The minimum atomic E-state index is -0.780. The second kappa shape index (κ2) is 5.36. The molecule has 0 spiro atoms. The van der Waals surface area contributed by atoms with Crippen LogP contribution in [0.3, 0.4) is 0 Å². The highest BCUT2D eigenvalue weighted by Gasteiger charge is 2.34. The van der Waals surface area contributed by atoms with Crippen LogP contribution in [0.25, 0.3) is 0 Å². The molecule has 2 atom stereocenters. The van der Waals surface area contributed by atoms with Crippen LogP contribution in [0.2, 0.25) is 0 Å². The van der Waals surface area contributed by atoms with E-state index in [1.165, 1.54) is 12.1 Å². The van der Waals surface area contributed by atoms with Crippen molar-refractivity contribution in [3.63, 3.8) is 0 Å². The molecule has 18 heavy (non-hydrogen) atoms. The SMILES string of the molecule is CC(c1ccc(F)cc1Br)N1CCCC1C(=O)O. The molecule has 1 saturated heterocycles. The lowest BCUT2D eigenvalue weighted by Crippen LogP contribution is -2.37. The normalized spacial score (nSPS) is 22.1. The van der Waals surface area contributed by atoms with Crippen LogP contribution in [-0.2, 0) is 4.79 Å². The van der Waals surface area contributed by atoms with Gasteiger partial charge in [0.1, 0.15) is 11.9 Å². The van der Waals surface area contributed by atoms with Crippen molar-refractivity contribution in [2.24, 2.45) is 0 Å². The number of hydrogen-bond donors (Lipinski definition) is 1. The van der Waals surface area contributed by atoms with Crippen LogP contribution >= 0.6 is 15.9 Å². The average molecular weight is 316 g/mol. The first kappa shape index (κ1) is 13.5. The van der Waals surface area contributed by atoms with E-state index in [2.05, 4.69) is 15.9 Å². The number of carboxylic acids is 1. The van der Waals surface area contributed by atoms with Crippen molar-refractivity contribution in [1.82, 2.24) is 4.90 Å². The van der Waals surface area contributed by atoms with E-state index in [1.54, 1.807) is 6.07 Å². The number of likely N-dealkylation sites (tertiary alicyclic amines) is 1. The Morgan fingerprint density at radius 1 is 1.61 bits per heavy atom. The number of aliphatic carboxylic acids is 1. The van der Waals surface area contributed by atoms with E-state index in [0.29, 0.717) is 10.9 Å². The molecule has 1 N–H and O–H groups in total. The summed E-state index contributed by atoms with van der Waals surface area (Å²) in [5, 5.41) is 9.18. The summed E-state index contributed by atoms with van der Waals surface area (Å²) in [6, 6.07) is 4.06. The molecule has 0 aliphatic carbocycles. The summed E-state index contributed by atoms with van der Waals surface area (Å²) in [4.78, 5) is 13.1. The van der Waals surface area contributed by atoms with Gasteiger partial charge in [-0.25, -0.2) is 4.39 Å². The van der Waals surface area contributed by atoms with Crippen molar-refractivity contribution >= 4 is 21.9 Å². The Labute approximate surface area is 114 Å². The quantitative estimate of drug-likeness (QED) is 0.931. The van der Waals surface area contributed by atoms with Gasteiger partial charge in [0.05, 0.1) is 0 Å². The second-order valence-electron chi connectivity index (χ2n) is 4.58. The highest BCUT2D eigenvalue weighted by atomic mass is 79.9. The van der Waals surface area contributed by atoms with E-state index in [9.17, 15) is 14.3 Å². The fraction of sp³-hybridized carbons (Fsp3) is 0.462. The van der Waals surface area contributed by atoms with E-state index in [4.69, 9.17) is 0 Å². The van der Waals surface area contributed by atoms with Crippen LogP contribution in [0.1, 0.15) is 31.4 Å². The van der Waals surface area contributed by atoms with Gasteiger partial charge in [0.15, 0.2) is 0 Å². The molecule has 2 rings (SSSR count). The van der Waals surface area contributed by atoms with Gasteiger partial charge in [0.25, 0.3) is 0 Å². The minimum absolute atomic E-state index is 0.0384. The van der Waals surface area contributed by atoms with Gasteiger partial charge >= 0.3 is 5.97 Å². The molecule has 0 saturated carbocycles. The van der Waals surface area contributed by atoms with Crippen LogP contribution in [0.5, 0.6) is 0 Å². The highest BCUT2D eigenvalue weighted by molar-refractivity contribution is 9.10. The monoisotopic (exact) mass is 315 g/mol. The molecule has 1 aliphatic rings. The third-order valence-electron chi connectivity index (χ3n) is 3.49. The Morgan fingerprint density at radius 2 is 2.33 bits per heavy atom. The Balaban J connectivity index is 2.25. The zero-order valence-corrected chi connectivity index (χ0v) is 11.7. The van der Waals surface area contributed by atoms with Crippen molar-refractivity contribution in [3.8, 4) is 0 Å². The Kier molecular flexibility index (Phi) is 4.02. The molecule has 2 unspecified atom stereocenters.